The Morgan fingerprint density at radius 1 is 1.62 bits per heavy atom. The minimum atomic E-state index is 0.480. The number of halogens is 1. The average molecular weight is 193 g/mol. The van der Waals surface area contributed by atoms with Crippen molar-refractivity contribution in [3.8, 4) is 0 Å². The Morgan fingerprint density at radius 3 is 3.23 bits per heavy atom. The first-order valence-electron chi connectivity index (χ1n) is 3.80. The summed E-state index contributed by atoms with van der Waals surface area (Å²) in [5, 5.41) is 1.50. The van der Waals surface area contributed by atoms with Crippen LogP contribution in [0.15, 0.2) is 18.5 Å². The summed E-state index contributed by atoms with van der Waals surface area (Å²) >= 11 is 5.87. The molecule has 0 amide bonds. The molecule has 0 aliphatic carbocycles. The van der Waals surface area contributed by atoms with Crippen molar-refractivity contribution in [1.82, 2.24) is 9.97 Å². The molecule has 1 radical (unpaired) electrons. The predicted molar refractivity (Wildman–Crippen MR) is 53.5 cm³/mol. The van der Waals surface area contributed by atoms with Crippen molar-refractivity contribution in [1.29, 1.82) is 0 Å². The van der Waals surface area contributed by atoms with Crippen molar-refractivity contribution in [3.63, 3.8) is 0 Å². The summed E-state index contributed by atoms with van der Waals surface area (Å²) in [6.45, 7) is 0. The Bertz CT molecular complexity index is 429. The van der Waals surface area contributed by atoms with Crippen LogP contribution in [-0.2, 0) is 4.65 Å². The zero-order valence-electron chi connectivity index (χ0n) is 7.04. The number of nitrogens with one attached hydrogen (secondary N) is 1. The fraction of sp³-hybridized carbons (Fsp3) is 0.125. The fourth-order valence-electron chi connectivity index (χ4n) is 1.27. The van der Waals surface area contributed by atoms with Gasteiger partial charge in [0.25, 0.3) is 0 Å². The average Bonchev–Trinajstić information content (AvgIpc) is 2.51. The van der Waals surface area contributed by atoms with E-state index in [4.69, 9.17) is 16.3 Å². The summed E-state index contributed by atoms with van der Waals surface area (Å²) < 4.78 is 4.93. The van der Waals surface area contributed by atoms with E-state index in [-0.39, 0.29) is 0 Å². The maximum absolute atomic E-state index is 5.87. The minimum Gasteiger partial charge on any atom is -0.437 e. The van der Waals surface area contributed by atoms with Crippen molar-refractivity contribution in [2.75, 3.05) is 7.11 Å². The summed E-state index contributed by atoms with van der Waals surface area (Å²) in [6.07, 6.45) is 3.51. The van der Waals surface area contributed by atoms with Crippen molar-refractivity contribution in [3.05, 3.63) is 23.6 Å². The molecule has 2 aromatic heterocycles. The molecule has 0 atom stereocenters. The highest BCUT2D eigenvalue weighted by molar-refractivity contribution is 6.52. The second-order valence-electron chi connectivity index (χ2n) is 2.62. The molecule has 0 fully saturated rings. The van der Waals surface area contributed by atoms with Gasteiger partial charge in [0.05, 0.1) is 5.52 Å². The van der Waals surface area contributed by atoms with Crippen LogP contribution in [0.4, 0.5) is 0 Å². The summed E-state index contributed by atoms with van der Waals surface area (Å²) in [4.78, 5) is 7.00. The van der Waals surface area contributed by atoms with Crippen molar-refractivity contribution >= 4 is 35.4 Å². The highest BCUT2D eigenvalue weighted by Gasteiger charge is 2.07. The lowest BCUT2D eigenvalue weighted by molar-refractivity contribution is 0.450. The van der Waals surface area contributed by atoms with Gasteiger partial charge in [0.1, 0.15) is 0 Å². The Morgan fingerprint density at radius 2 is 2.46 bits per heavy atom. The van der Waals surface area contributed by atoms with E-state index in [2.05, 4.69) is 9.97 Å². The highest BCUT2D eigenvalue weighted by Crippen LogP contribution is 2.16. The normalized spacial score (nSPS) is 10.6. The SMILES string of the molecule is CO[B]c1c[nH]c2c(Cl)nccc12. The molecule has 2 aromatic rings. The molecule has 0 saturated heterocycles. The van der Waals surface area contributed by atoms with E-state index in [0.717, 1.165) is 16.4 Å². The van der Waals surface area contributed by atoms with Crippen molar-refractivity contribution in [2.45, 2.75) is 0 Å². The first-order chi connectivity index (χ1) is 6.33. The van der Waals surface area contributed by atoms with E-state index >= 15 is 0 Å². The van der Waals surface area contributed by atoms with Gasteiger partial charge in [0, 0.05) is 18.7 Å². The number of aromatic amines is 1. The number of hydrogen-bond acceptors (Lipinski definition) is 2. The van der Waals surface area contributed by atoms with E-state index in [1.807, 2.05) is 12.3 Å². The molecule has 2 heterocycles. The molecular weight excluding hydrogens is 186 g/mol. The molecule has 0 aliphatic heterocycles. The van der Waals surface area contributed by atoms with Gasteiger partial charge in [-0.15, -0.1) is 0 Å². The van der Waals surface area contributed by atoms with Gasteiger partial charge in [-0.05, 0) is 17.7 Å². The van der Waals surface area contributed by atoms with Crippen molar-refractivity contribution in [2.24, 2.45) is 0 Å². The van der Waals surface area contributed by atoms with Gasteiger partial charge in [0.15, 0.2) is 5.15 Å². The standard InChI is InChI=1S/C8H7BClN2O/c1-13-9-6-4-12-7-5(6)2-3-11-8(7)10/h2-4,12H,1H3. The van der Waals surface area contributed by atoms with Crippen LogP contribution in [-0.4, -0.2) is 24.6 Å². The highest BCUT2D eigenvalue weighted by atomic mass is 35.5. The molecule has 5 heteroatoms. The predicted octanol–water partition coefficient (Wildman–Crippen LogP) is 1.11. The number of fused-ring (bicyclic) bond motifs is 1. The molecule has 65 valence electrons. The molecule has 13 heavy (non-hydrogen) atoms. The molecule has 2 rings (SSSR count). The third kappa shape index (κ3) is 1.43. The van der Waals surface area contributed by atoms with Crippen LogP contribution in [0.5, 0.6) is 0 Å². The lowest BCUT2D eigenvalue weighted by Crippen LogP contribution is -2.14. The van der Waals surface area contributed by atoms with E-state index in [1.165, 1.54) is 0 Å². The Kier molecular flexibility index (Phi) is 2.25. The van der Waals surface area contributed by atoms with Gasteiger partial charge in [-0.3, -0.25) is 0 Å². The third-order valence-corrected chi connectivity index (χ3v) is 2.12. The zero-order chi connectivity index (χ0) is 9.26. The molecular formula is C8H7BClN2O. The van der Waals surface area contributed by atoms with Crippen LogP contribution in [0.2, 0.25) is 5.15 Å². The second kappa shape index (κ2) is 3.40. The van der Waals surface area contributed by atoms with Crippen LogP contribution in [0.3, 0.4) is 0 Å². The maximum atomic E-state index is 5.87. The number of nitrogens with zero attached hydrogens (tertiary/aromatic N) is 1. The molecule has 0 bridgehead atoms. The molecule has 0 spiro atoms. The van der Waals surface area contributed by atoms with E-state index in [0.29, 0.717) is 5.15 Å². The second-order valence-corrected chi connectivity index (χ2v) is 2.98. The van der Waals surface area contributed by atoms with Gasteiger partial charge in [-0.2, -0.15) is 0 Å². The van der Waals surface area contributed by atoms with E-state index in [9.17, 15) is 0 Å². The van der Waals surface area contributed by atoms with E-state index < -0.39 is 0 Å². The molecule has 0 aliphatic rings. The quantitative estimate of drug-likeness (QED) is 0.573. The fourth-order valence-corrected chi connectivity index (χ4v) is 1.48. The van der Waals surface area contributed by atoms with Crippen LogP contribution < -0.4 is 5.46 Å². The summed E-state index contributed by atoms with van der Waals surface area (Å²) in [6, 6.07) is 1.89. The number of aromatic nitrogens is 2. The van der Waals surface area contributed by atoms with Gasteiger partial charge in [-0.1, -0.05) is 11.6 Å². The summed E-state index contributed by atoms with van der Waals surface area (Å²) in [7, 11) is 3.27. The molecule has 3 nitrogen and oxygen atoms in total. The first-order valence-corrected chi connectivity index (χ1v) is 4.18. The van der Waals surface area contributed by atoms with Crippen LogP contribution in [0.1, 0.15) is 0 Å². The van der Waals surface area contributed by atoms with Gasteiger partial charge >= 0.3 is 7.48 Å². The minimum absolute atomic E-state index is 0.480. The number of pyridine rings is 1. The third-order valence-electron chi connectivity index (χ3n) is 1.83. The van der Waals surface area contributed by atoms with Crippen molar-refractivity contribution < 1.29 is 4.65 Å². The molecule has 1 N–H and O–H groups in total. The smallest absolute Gasteiger partial charge is 0.331 e. The zero-order valence-corrected chi connectivity index (χ0v) is 7.80. The Labute approximate surface area is 81.3 Å². The summed E-state index contributed by atoms with van der Waals surface area (Å²) in [5.41, 5.74) is 1.81. The van der Waals surface area contributed by atoms with Gasteiger partial charge in [-0.25, -0.2) is 4.98 Å². The first kappa shape index (κ1) is 8.60. The Hall–Kier alpha value is -0.995. The van der Waals surface area contributed by atoms with Crippen LogP contribution >= 0.6 is 11.6 Å². The van der Waals surface area contributed by atoms with Gasteiger partial charge in [0.2, 0.25) is 0 Å². The lowest BCUT2D eigenvalue weighted by Gasteiger charge is -1.94. The largest absolute Gasteiger partial charge is 0.437 e. The number of H-pyrrole nitrogens is 1. The lowest BCUT2D eigenvalue weighted by atomic mass is 9.88. The maximum Gasteiger partial charge on any atom is 0.331 e. The molecule has 0 saturated carbocycles. The number of rotatable bonds is 2. The Balaban J connectivity index is 2.61. The number of hydrogen-bond donors (Lipinski definition) is 1. The van der Waals surface area contributed by atoms with Crippen LogP contribution in [0, 0.1) is 0 Å². The monoisotopic (exact) mass is 193 g/mol. The summed E-state index contributed by atoms with van der Waals surface area (Å²) in [5.74, 6) is 0. The molecule has 0 unspecified atom stereocenters. The molecule has 0 aromatic carbocycles. The topological polar surface area (TPSA) is 37.9 Å². The van der Waals surface area contributed by atoms with E-state index in [1.54, 1.807) is 20.8 Å². The van der Waals surface area contributed by atoms with Crippen LogP contribution in [0.25, 0.3) is 10.9 Å². The van der Waals surface area contributed by atoms with Gasteiger partial charge < -0.3 is 9.64 Å².